The van der Waals surface area contributed by atoms with Crippen LogP contribution in [0.3, 0.4) is 0 Å². The van der Waals surface area contributed by atoms with Gasteiger partial charge in [-0.15, -0.1) is 0 Å². The summed E-state index contributed by atoms with van der Waals surface area (Å²) in [5.74, 6) is 0.0871. The molecule has 25 heavy (non-hydrogen) atoms. The Morgan fingerprint density at radius 3 is 2.56 bits per heavy atom. The molecule has 3 heterocycles. The summed E-state index contributed by atoms with van der Waals surface area (Å²) < 4.78 is 54.5. The van der Waals surface area contributed by atoms with Crippen LogP contribution < -0.4 is 0 Å². The van der Waals surface area contributed by atoms with Crippen molar-refractivity contribution in [2.24, 2.45) is 0 Å². The number of sulfonamides is 1. The Morgan fingerprint density at radius 2 is 1.92 bits per heavy atom. The largest absolute Gasteiger partial charge is 0.360 e. The quantitative estimate of drug-likeness (QED) is 0.680. The summed E-state index contributed by atoms with van der Waals surface area (Å²) in [4.78, 5) is 14.2. The maximum Gasteiger partial charge on any atom is 0.276 e. The number of piperazine rings is 1. The van der Waals surface area contributed by atoms with Crippen molar-refractivity contribution in [1.82, 2.24) is 14.4 Å². The van der Waals surface area contributed by atoms with Crippen molar-refractivity contribution in [2.75, 3.05) is 30.9 Å². The van der Waals surface area contributed by atoms with Gasteiger partial charge in [0.1, 0.15) is 5.76 Å². The molecule has 0 N–H and O–H groups in total. The molecule has 4 rings (SSSR count). The minimum absolute atomic E-state index is 0.0780. The third-order valence-corrected chi connectivity index (χ3v) is 8.04. The van der Waals surface area contributed by atoms with Crippen molar-refractivity contribution in [2.45, 2.75) is 30.8 Å². The number of fused-ring (bicyclic) bond motifs is 1. The van der Waals surface area contributed by atoms with E-state index in [1.807, 2.05) is 0 Å². The Balaban J connectivity index is 1.62. The van der Waals surface area contributed by atoms with Gasteiger partial charge in [-0.1, -0.05) is 5.16 Å². The van der Waals surface area contributed by atoms with Crippen molar-refractivity contribution >= 4 is 25.8 Å². The average Bonchev–Trinajstić information content (AvgIpc) is 3.13. The van der Waals surface area contributed by atoms with Crippen molar-refractivity contribution in [3.05, 3.63) is 17.5 Å². The zero-order chi connectivity index (χ0) is 18.0. The summed E-state index contributed by atoms with van der Waals surface area (Å²) >= 11 is 0. The van der Waals surface area contributed by atoms with E-state index in [0.29, 0.717) is 11.7 Å². The number of nitrogens with zero attached hydrogens (tertiary/aromatic N) is 3. The van der Waals surface area contributed by atoms with Crippen LogP contribution in [0.15, 0.2) is 10.6 Å². The first-order valence-corrected chi connectivity index (χ1v) is 11.8. The van der Waals surface area contributed by atoms with Gasteiger partial charge in [0, 0.05) is 25.1 Å². The van der Waals surface area contributed by atoms with Gasteiger partial charge in [-0.25, -0.2) is 16.8 Å². The van der Waals surface area contributed by atoms with Crippen LogP contribution >= 0.6 is 0 Å². The van der Waals surface area contributed by atoms with Crippen LogP contribution in [0.4, 0.5) is 0 Å². The van der Waals surface area contributed by atoms with Crippen LogP contribution in [0.2, 0.25) is 0 Å². The molecule has 1 saturated carbocycles. The Morgan fingerprint density at radius 1 is 1.24 bits per heavy atom. The monoisotopic (exact) mass is 389 g/mol. The van der Waals surface area contributed by atoms with Gasteiger partial charge in [-0.05, 0) is 12.8 Å². The van der Waals surface area contributed by atoms with Crippen LogP contribution in [0.5, 0.6) is 0 Å². The Kier molecular flexibility index (Phi) is 3.75. The fourth-order valence-electron chi connectivity index (χ4n) is 3.68. The molecule has 1 amide bonds. The minimum Gasteiger partial charge on any atom is -0.360 e. The summed E-state index contributed by atoms with van der Waals surface area (Å²) in [6.07, 6.45) is 3.09. The Hall–Kier alpha value is -1.46. The number of carbonyl (C=O) groups is 1. The molecule has 1 aromatic rings. The predicted octanol–water partition coefficient (Wildman–Crippen LogP) is -0.565. The molecule has 0 spiro atoms. The van der Waals surface area contributed by atoms with E-state index in [0.717, 1.165) is 19.1 Å². The van der Waals surface area contributed by atoms with E-state index in [1.54, 1.807) is 6.07 Å². The predicted molar refractivity (Wildman–Crippen MR) is 87.3 cm³/mol. The molecule has 2 saturated heterocycles. The van der Waals surface area contributed by atoms with Gasteiger partial charge >= 0.3 is 0 Å². The Bertz CT molecular complexity index is 918. The molecule has 9 nitrogen and oxygen atoms in total. The molecule has 138 valence electrons. The summed E-state index contributed by atoms with van der Waals surface area (Å²) in [7, 11) is -6.96. The van der Waals surface area contributed by atoms with Gasteiger partial charge in [0.05, 0.1) is 29.8 Å². The highest BCUT2D eigenvalue weighted by molar-refractivity contribution is 7.92. The lowest BCUT2D eigenvalue weighted by Gasteiger charge is -2.42. The van der Waals surface area contributed by atoms with Crippen molar-refractivity contribution < 1.29 is 26.2 Å². The van der Waals surface area contributed by atoms with Gasteiger partial charge in [-0.3, -0.25) is 4.79 Å². The molecular weight excluding hydrogens is 370 g/mol. The maximum absolute atomic E-state index is 12.8. The van der Waals surface area contributed by atoms with Crippen LogP contribution in [-0.4, -0.2) is 80.0 Å². The summed E-state index contributed by atoms with van der Waals surface area (Å²) in [5, 5.41) is 3.82. The van der Waals surface area contributed by atoms with E-state index in [9.17, 15) is 21.6 Å². The molecule has 0 aromatic carbocycles. The molecule has 2 aliphatic heterocycles. The molecular formula is C14H19N3O6S2. The first-order valence-electron chi connectivity index (χ1n) is 8.10. The van der Waals surface area contributed by atoms with Crippen LogP contribution in [-0.2, 0) is 19.9 Å². The number of amides is 1. The molecule has 0 unspecified atom stereocenters. The van der Waals surface area contributed by atoms with Crippen LogP contribution in [0, 0.1) is 0 Å². The number of rotatable bonds is 3. The summed E-state index contributed by atoms with van der Waals surface area (Å²) in [6, 6.07) is 0.177. The fourth-order valence-corrected chi connectivity index (χ4v) is 6.88. The molecule has 0 bridgehead atoms. The number of sulfone groups is 1. The topological polar surface area (TPSA) is 118 Å². The van der Waals surface area contributed by atoms with E-state index in [1.165, 1.54) is 9.21 Å². The second-order valence-corrected chi connectivity index (χ2v) is 11.1. The van der Waals surface area contributed by atoms with Gasteiger partial charge in [0.25, 0.3) is 5.91 Å². The molecule has 2 atom stereocenters. The van der Waals surface area contributed by atoms with Crippen molar-refractivity contribution in [1.29, 1.82) is 0 Å². The zero-order valence-electron chi connectivity index (χ0n) is 13.7. The van der Waals surface area contributed by atoms with Crippen molar-refractivity contribution in [3.63, 3.8) is 0 Å². The van der Waals surface area contributed by atoms with Crippen LogP contribution in [0.25, 0.3) is 0 Å². The molecule has 1 aliphatic carbocycles. The third kappa shape index (κ3) is 3.08. The highest BCUT2D eigenvalue weighted by Gasteiger charge is 2.51. The SMILES string of the molecule is CS(=O)(=O)N1CCN(C(=O)c2cc(C3CC3)on2)[C@@H]2CS(=O)(=O)C[C@@H]21. The average molecular weight is 389 g/mol. The van der Waals surface area contributed by atoms with E-state index >= 15 is 0 Å². The number of hydrogen-bond acceptors (Lipinski definition) is 7. The minimum atomic E-state index is -3.55. The second kappa shape index (κ2) is 5.52. The number of aromatic nitrogens is 1. The number of hydrogen-bond donors (Lipinski definition) is 0. The molecule has 0 radical (unpaired) electrons. The zero-order valence-corrected chi connectivity index (χ0v) is 15.3. The molecule has 11 heteroatoms. The van der Waals surface area contributed by atoms with Crippen molar-refractivity contribution in [3.8, 4) is 0 Å². The highest BCUT2D eigenvalue weighted by Crippen LogP contribution is 2.40. The van der Waals surface area contributed by atoms with Gasteiger partial charge in [0.2, 0.25) is 10.0 Å². The lowest BCUT2D eigenvalue weighted by molar-refractivity contribution is 0.0506. The summed E-state index contributed by atoms with van der Waals surface area (Å²) in [6.45, 7) is 0.211. The molecule has 3 fully saturated rings. The molecule has 3 aliphatic rings. The normalized spacial score (nSPS) is 29.6. The summed E-state index contributed by atoms with van der Waals surface area (Å²) in [5.41, 5.74) is 0.151. The lowest BCUT2D eigenvalue weighted by atomic mass is 10.1. The van der Waals surface area contributed by atoms with Gasteiger partial charge < -0.3 is 9.42 Å². The van der Waals surface area contributed by atoms with E-state index in [2.05, 4.69) is 5.16 Å². The maximum atomic E-state index is 12.8. The standard InChI is InChI=1S/C14H19N3O6S2/c1-24(19,20)17-5-4-16(11-7-25(21,22)8-12(11)17)14(18)10-6-13(23-15-10)9-2-3-9/h6,9,11-12H,2-5,7-8H2,1H3/t11-,12+/m1/s1. The van der Waals surface area contributed by atoms with Gasteiger partial charge in [-0.2, -0.15) is 4.31 Å². The fraction of sp³-hybridized carbons (Fsp3) is 0.714. The first-order chi connectivity index (χ1) is 11.7. The van der Waals surface area contributed by atoms with E-state index < -0.39 is 37.9 Å². The second-order valence-electron chi connectivity index (χ2n) is 6.97. The lowest BCUT2D eigenvalue weighted by Crippen LogP contribution is -2.61. The molecule has 1 aromatic heterocycles. The van der Waals surface area contributed by atoms with E-state index in [4.69, 9.17) is 4.52 Å². The first kappa shape index (κ1) is 17.0. The van der Waals surface area contributed by atoms with Crippen LogP contribution in [0.1, 0.15) is 35.0 Å². The third-order valence-electron chi connectivity index (χ3n) is 5.04. The Labute approximate surface area is 145 Å². The smallest absolute Gasteiger partial charge is 0.276 e. The number of carbonyl (C=O) groups excluding carboxylic acids is 1. The van der Waals surface area contributed by atoms with Gasteiger partial charge in [0.15, 0.2) is 15.5 Å². The van der Waals surface area contributed by atoms with E-state index in [-0.39, 0.29) is 30.3 Å². The highest BCUT2D eigenvalue weighted by atomic mass is 32.2.